The molecule has 13 aromatic rings. The normalized spacial score (nSPS) is 12.4. The van der Waals surface area contributed by atoms with Gasteiger partial charge in [0.25, 0.3) is 0 Å². The molecular formula is C69H44N6O. The van der Waals surface area contributed by atoms with Crippen LogP contribution in [-0.2, 0) is 5.60 Å². The maximum Gasteiger partial charge on any atom is 0.185 e. The van der Waals surface area contributed by atoms with Crippen LogP contribution in [0.25, 0.3) is 112 Å². The minimum atomic E-state index is -0.939. The van der Waals surface area contributed by atoms with Crippen LogP contribution in [0.3, 0.4) is 0 Å². The molecule has 0 unspecified atom stereocenters. The molecule has 0 saturated carbocycles. The van der Waals surface area contributed by atoms with Gasteiger partial charge in [-0.1, -0.05) is 243 Å². The summed E-state index contributed by atoms with van der Waals surface area (Å²) in [5.41, 5.74) is 11.2. The minimum Gasteiger partial charge on any atom is -0.472 e. The van der Waals surface area contributed by atoms with Crippen LogP contribution in [0.15, 0.2) is 267 Å². The van der Waals surface area contributed by atoms with E-state index in [1.165, 1.54) is 0 Å². The summed E-state index contributed by atoms with van der Waals surface area (Å²) in [5.74, 6) is 4.00. The number of rotatable bonds is 9. The molecule has 2 aromatic heterocycles. The second-order valence-electron chi connectivity index (χ2n) is 19.0. The second-order valence-corrected chi connectivity index (χ2v) is 19.0. The van der Waals surface area contributed by atoms with Gasteiger partial charge in [0.15, 0.2) is 40.5 Å². The SMILES string of the molecule is c1ccc(-c2nc(-c3ccccc3)nc(-c3cc(-c4nc(-c5ccc6ccccc6c5)nc(-c5ccc6ccccc6c5)n4)ccc3-c3ccc4c(c3)OC(c3ccccc3)(c3ccccc3)c3ccccc3-4)n2)cc1. The van der Waals surface area contributed by atoms with Gasteiger partial charge in [0.1, 0.15) is 5.75 Å². The van der Waals surface area contributed by atoms with Crippen molar-refractivity contribution in [3.05, 3.63) is 284 Å². The summed E-state index contributed by atoms with van der Waals surface area (Å²) >= 11 is 0. The number of hydrogen-bond acceptors (Lipinski definition) is 7. The molecular weight excluding hydrogens is 929 g/mol. The highest BCUT2D eigenvalue weighted by atomic mass is 16.5. The van der Waals surface area contributed by atoms with Crippen molar-refractivity contribution in [3.8, 4) is 96.3 Å². The Morgan fingerprint density at radius 2 is 0.632 bits per heavy atom. The second kappa shape index (κ2) is 18.7. The Labute approximate surface area is 439 Å². The van der Waals surface area contributed by atoms with E-state index >= 15 is 0 Å². The first-order chi connectivity index (χ1) is 37.6. The number of benzene rings is 11. The Morgan fingerprint density at radius 3 is 1.17 bits per heavy atom. The summed E-state index contributed by atoms with van der Waals surface area (Å²) < 4.78 is 7.57. The van der Waals surface area contributed by atoms with Crippen LogP contribution in [0.2, 0.25) is 0 Å². The molecule has 0 amide bonds. The third-order valence-electron chi connectivity index (χ3n) is 14.4. The topological polar surface area (TPSA) is 86.6 Å². The molecule has 1 aliphatic rings. The van der Waals surface area contributed by atoms with Crippen LogP contribution in [0, 0.1) is 0 Å². The molecule has 0 fully saturated rings. The molecule has 0 saturated heterocycles. The van der Waals surface area contributed by atoms with E-state index in [2.05, 4.69) is 194 Å². The Hall–Kier alpha value is -10.2. The van der Waals surface area contributed by atoms with Crippen LogP contribution < -0.4 is 4.74 Å². The molecule has 0 aliphatic carbocycles. The van der Waals surface area contributed by atoms with Gasteiger partial charge in [0.2, 0.25) is 0 Å². The van der Waals surface area contributed by atoms with E-state index in [-0.39, 0.29) is 0 Å². The Morgan fingerprint density at radius 1 is 0.237 bits per heavy atom. The first-order valence-electron chi connectivity index (χ1n) is 25.4. The molecule has 7 nitrogen and oxygen atoms in total. The summed E-state index contributed by atoms with van der Waals surface area (Å²) in [4.78, 5) is 31.5. The van der Waals surface area contributed by atoms with Crippen molar-refractivity contribution in [1.82, 2.24) is 29.9 Å². The fourth-order valence-electron chi connectivity index (χ4n) is 10.7. The van der Waals surface area contributed by atoms with Gasteiger partial charge in [-0.2, -0.15) is 0 Å². The number of ether oxygens (including phenoxy) is 1. The Kier molecular flexibility index (Phi) is 10.9. The fraction of sp³-hybridized carbons (Fsp3) is 0.0145. The molecule has 0 bridgehead atoms. The molecule has 0 radical (unpaired) electrons. The maximum absolute atomic E-state index is 7.57. The van der Waals surface area contributed by atoms with Gasteiger partial charge in [-0.25, -0.2) is 29.9 Å². The lowest BCUT2D eigenvalue weighted by molar-refractivity contribution is 0.152. The quantitative estimate of drug-likeness (QED) is 0.142. The zero-order valence-electron chi connectivity index (χ0n) is 41.0. The van der Waals surface area contributed by atoms with Crippen LogP contribution in [-0.4, -0.2) is 29.9 Å². The first-order valence-corrected chi connectivity index (χ1v) is 25.4. The molecule has 3 heterocycles. The van der Waals surface area contributed by atoms with Crippen LogP contribution in [0.1, 0.15) is 16.7 Å². The van der Waals surface area contributed by atoms with E-state index in [9.17, 15) is 0 Å². The number of aromatic nitrogens is 6. The van der Waals surface area contributed by atoms with Crippen molar-refractivity contribution in [2.75, 3.05) is 0 Å². The summed E-state index contributed by atoms with van der Waals surface area (Å²) in [6.07, 6.45) is 0. The lowest BCUT2D eigenvalue weighted by Gasteiger charge is -2.41. The highest BCUT2D eigenvalue weighted by molar-refractivity contribution is 5.91. The molecule has 0 N–H and O–H groups in total. The number of nitrogens with zero attached hydrogens (tertiary/aromatic N) is 6. The van der Waals surface area contributed by atoms with Crippen molar-refractivity contribution in [2.45, 2.75) is 5.60 Å². The molecule has 0 atom stereocenters. The van der Waals surface area contributed by atoms with Gasteiger partial charge in [0.05, 0.1) is 0 Å². The molecule has 0 spiro atoms. The third kappa shape index (κ3) is 7.95. The van der Waals surface area contributed by atoms with E-state index in [1.54, 1.807) is 0 Å². The van der Waals surface area contributed by atoms with Crippen LogP contribution >= 0.6 is 0 Å². The monoisotopic (exact) mass is 972 g/mol. The van der Waals surface area contributed by atoms with Gasteiger partial charge < -0.3 is 4.74 Å². The van der Waals surface area contributed by atoms with Gasteiger partial charge in [-0.3, -0.25) is 0 Å². The highest BCUT2D eigenvalue weighted by Gasteiger charge is 2.44. The predicted octanol–water partition coefficient (Wildman–Crippen LogP) is 16.4. The molecule has 11 aromatic carbocycles. The maximum atomic E-state index is 7.57. The van der Waals surface area contributed by atoms with E-state index in [4.69, 9.17) is 34.6 Å². The molecule has 356 valence electrons. The number of hydrogen-bond donors (Lipinski definition) is 0. The zero-order chi connectivity index (χ0) is 50.4. The average molecular weight is 973 g/mol. The van der Waals surface area contributed by atoms with Gasteiger partial charge in [0, 0.05) is 55.6 Å². The third-order valence-corrected chi connectivity index (χ3v) is 14.4. The van der Waals surface area contributed by atoms with Crippen molar-refractivity contribution < 1.29 is 4.74 Å². The average Bonchev–Trinajstić information content (AvgIpc) is 3.52. The molecule has 7 heteroatoms. The van der Waals surface area contributed by atoms with Crippen molar-refractivity contribution in [1.29, 1.82) is 0 Å². The lowest BCUT2D eigenvalue weighted by atomic mass is 9.75. The van der Waals surface area contributed by atoms with E-state index in [0.29, 0.717) is 34.9 Å². The van der Waals surface area contributed by atoms with Gasteiger partial charge >= 0.3 is 0 Å². The van der Waals surface area contributed by atoms with Gasteiger partial charge in [-0.05, 0) is 62.5 Å². The smallest absolute Gasteiger partial charge is 0.185 e. The molecule has 14 rings (SSSR count). The highest BCUT2D eigenvalue weighted by Crippen LogP contribution is 2.52. The predicted molar refractivity (Wildman–Crippen MR) is 305 cm³/mol. The first kappa shape index (κ1) is 44.5. The van der Waals surface area contributed by atoms with Crippen molar-refractivity contribution in [3.63, 3.8) is 0 Å². The zero-order valence-corrected chi connectivity index (χ0v) is 41.0. The van der Waals surface area contributed by atoms with Crippen molar-refractivity contribution >= 4 is 21.5 Å². The van der Waals surface area contributed by atoms with Crippen LogP contribution in [0.5, 0.6) is 5.75 Å². The summed E-state index contributed by atoms with van der Waals surface area (Å²) in [5, 5.41) is 4.48. The minimum absolute atomic E-state index is 0.495. The largest absolute Gasteiger partial charge is 0.472 e. The standard InChI is InChI=1S/C69H44N6O/c1-5-21-47(22-6-1)63-70-64(48-23-7-2-8-24-48)75-68(74-63)60-43-54(67-72-65(52-35-33-45-19-13-15-25-49(45)41-52)71-66(73-67)53-36-34-46-20-14-16-26-50(46)42-53)38-39-57(60)51-37-40-59-58-31-17-18-32-61(58)69(76-62(59)44-51,55-27-9-3-10-28-55)56-29-11-4-12-30-56/h1-44H. The number of fused-ring (bicyclic) bond motifs is 5. The summed E-state index contributed by atoms with van der Waals surface area (Å²) in [6.45, 7) is 0. The Balaban J connectivity index is 1.00. The van der Waals surface area contributed by atoms with E-state index in [1.807, 2.05) is 72.8 Å². The van der Waals surface area contributed by atoms with Gasteiger partial charge in [-0.15, -0.1) is 0 Å². The fourth-order valence-corrected chi connectivity index (χ4v) is 10.7. The Bertz CT molecular complexity index is 4130. The molecule has 1 aliphatic heterocycles. The van der Waals surface area contributed by atoms with Crippen molar-refractivity contribution in [2.24, 2.45) is 0 Å². The van der Waals surface area contributed by atoms with E-state index in [0.717, 1.165) is 99.6 Å². The van der Waals surface area contributed by atoms with Crippen LogP contribution in [0.4, 0.5) is 0 Å². The molecule has 76 heavy (non-hydrogen) atoms. The summed E-state index contributed by atoms with van der Waals surface area (Å²) in [7, 11) is 0. The lowest BCUT2D eigenvalue weighted by Crippen LogP contribution is -2.38. The summed E-state index contributed by atoms with van der Waals surface area (Å²) in [6, 6.07) is 92.0. The van der Waals surface area contributed by atoms with E-state index < -0.39 is 5.60 Å².